The number of benzene rings is 2. The molecule has 1 aromatic heterocycles. The monoisotopic (exact) mass is 413 g/mol. The summed E-state index contributed by atoms with van der Waals surface area (Å²) < 4.78 is 10.7. The molecule has 0 unspecified atom stereocenters. The first-order valence-corrected chi connectivity index (χ1v) is 10.1. The Morgan fingerprint density at radius 2 is 2.00 bits per heavy atom. The van der Waals surface area contributed by atoms with Crippen molar-refractivity contribution in [3.8, 4) is 22.8 Å². The first-order chi connectivity index (χ1) is 14.1. The van der Waals surface area contributed by atoms with Crippen molar-refractivity contribution in [2.75, 3.05) is 37.5 Å². The largest absolute Gasteiger partial charge is 0.497 e. The van der Waals surface area contributed by atoms with E-state index in [1.165, 1.54) is 11.3 Å². The first kappa shape index (κ1) is 20.6. The highest BCUT2D eigenvalue weighted by atomic mass is 32.1. The van der Waals surface area contributed by atoms with Crippen molar-refractivity contribution < 1.29 is 19.4 Å². The van der Waals surface area contributed by atoms with Gasteiger partial charge in [0.25, 0.3) is 5.91 Å². The lowest BCUT2D eigenvalue weighted by atomic mass is 10.1. The number of nitrogens with zero attached hydrogens (tertiary/aromatic N) is 1. The first-order valence-electron chi connectivity index (χ1n) is 9.17. The third kappa shape index (κ3) is 5.24. The van der Waals surface area contributed by atoms with Crippen molar-refractivity contribution in [2.24, 2.45) is 0 Å². The Hall–Kier alpha value is -3.10. The van der Waals surface area contributed by atoms with Crippen LogP contribution >= 0.6 is 11.3 Å². The molecule has 1 amide bonds. The maximum atomic E-state index is 12.7. The average molecular weight is 413 g/mol. The Kier molecular flexibility index (Phi) is 7.04. The third-order valence-corrected chi connectivity index (χ3v) is 4.83. The van der Waals surface area contributed by atoms with Crippen LogP contribution in [-0.4, -0.2) is 42.9 Å². The van der Waals surface area contributed by atoms with Gasteiger partial charge in [0.1, 0.15) is 18.1 Å². The second-order valence-corrected chi connectivity index (χ2v) is 6.89. The fraction of sp³-hybridized carbons (Fsp3) is 0.238. The van der Waals surface area contributed by atoms with Crippen molar-refractivity contribution in [2.45, 2.75) is 6.92 Å². The summed E-state index contributed by atoms with van der Waals surface area (Å²) in [5.74, 6) is 1.02. The Balaban J connectivity index is 1.73. The number of nitrogens with one attached hydrogen (secondary N) is 2. The molecule has 3 aromatic rings. The second-order valence-electron chi connectivity index (χ2n) is 6.03. The minimum atomic E-state index is -0.280. The van der Waals surface area contributed by atoms with Crippen molar-refractivity contribution in [3.05, 3.63) is 53.4 Å². The summed E-state index contributed by atoms with van der Waals surface area (Å²) in [6.45, 7) is 2.74. The van der Waals surface area contributed by atoms with Gasteiger partial charge >= 0.3 is 0 Å². The number of aliphatic hydroxyl groups is 1. The van der Waals surface area contributed by atoms with E-state index in [1.807, 2.05) is 36.6 Å². The summed E-state index contributed by atoms with van der Waals surface area (Å²) in [4.78, 5) is 17.1. The average Bonchev–Trinajstić information content (AvgIpc) is 3.21. The number of ether oxygens (including phenoxy) is 2. The number of rotatable bonds is 9. The van der Waals surface area contributed by atoms with Gasteiger partial charge in [0, 0.05) is 23.1 Å². The molecule has 29 heavy (non-hydrogen) atoms. The number of carbonyl (C=O) groups excluding carboxylic acids is 1. The highest BCUT2D eigenvalue weighted by Gasteiger charge is 2.13. The van der Waals surface area contributed by atoms with Gasteiger partial charge in [-0.15, -0.1) is 11.3 Å². The van der Waals surface area contributed by atoms with Gasteiger partial charge in [0.2, 0.25) is 0 Å². The van der Waals surface area contributed by atoms with Crippen LogP contribution in [0.1, 0.15) is 17.3 Å². The van der Waals surface area contributed by atoms with E-state index >= 15 is 0 Å². The molecule has 0 aliphatic heterocycles. The quantitative estimate of drug-likeness (QED) is 0.493. The fourth-order valence-electron chi connectivity index (χ4n) is 2.67. The highest BCUT2D eigenvalue weighted by molar-refractivity contribution is 7.14. The summed E-state index contributed by atoms with van der Waals surface area (Å²) in [5, 5.41) is 17.4. The summed E-state index contributed by atoms with van der Waals surface area (Å²) >= 11 is 1.36. The van der Waals surface area contributed by atoms with Crippen molar-refractivity contribution in [3.63, 3.8) is 0 Å². The number of anilines is 2. The zero-order valence-corrected chi connectivity index (χ0v) is 17.1. The molecule has 0 fully saturated rings. The molecule has 0 spiro atoms. The topological polar surface area (TPSA) is 92.7 Å². The predicted molar refractivity (Wildman–Crippen MR) is 115 cm³/mol. The third-order valence-electron chi connectivity index (χ3n) is 4.07. The predicted octanol–water partition coefficient (Wildman–Crippen LogP) is 3.87. The van der Waals surface area contributed by atoms with Gasteiger partial charge in [-0.2, -0.15) is 0 Å². The minimum absolute atomic E-state index is 0.102. The van der Waals surface area contributed by atoms with E-state index in [2.05, 4.69) is 15.6 Å². The Morgan fingerprint density at radius 3 is 2.69 bits per heavy atom. The number of hydrogen-bond acceptors (Lipinski definition) is 7. The molecule has 0 bridgehead atoms. The zero-order chi connectivity index (χ0) is 20.6. The summed E-state index contributed by atoms with van der Waals surface area (Å²) in [7, 11) is 1.62. The van der Waals surface area contributed by atoms with E-state index in [0.717, 1.165) is 22.7 Å². The molecule has 0 radical (unpaired) electrons. The van der Waals surface area contributed by atoms with Crippen LogP contribution in [0.4, 0.5) is 10.8 Å². The van der Waals surface area contributed by atoms with Gasteiger partial charge in [-0.3, -0.25) is 10.1 Å². The highest BCUT2D eigenvalue weighted by Crippen LogP contribution is 2.28. The molecule has 2 aromatic carbocycles. The summed E-state index contributed by atoms with van der Waals surface area (Å²) in [6.07, 6.45) is 0. The molecular formula is C21H23N3O4S. The molecular weight excluding hydrogens is 390 g/mol. The Morgan fingerprint density at radius 1 is 1.21 bits per heavy atom. The van der Waals surface area contributed by atoms with E-state index in [1.54, 1.807) is 25.3 Å². The molecule has 3 N–H and O–H groups in total. The number of hydrogen-bond donors (Lipinski definition) is 3. The molecule has 0 aliphatic carbocycles. The standard InChI is InChI=1S/C21H23N3O4S/c1-3-22-17-9-6-15(12-19(17)28-11-10-25)20(26)24-21-23-18(13-29-21)14-4-7-16(27-2)8-5-14/h4-9,12-13,22,25H,3,10-11H2,1-2H3,(H,23,24,26). The SMILES string of the molecule is CCNc1ccc(C(=O)Nc2nc(-c3ccc(OC)cc3)cs2)cc1OCCO. The van der Waals surface area contributed by atoms with E-state index < -0.39 is 0 Å². The van der Waals surface area contributed by atoms with Crippen LogP contribution < -0.4 is 20.1 Å². The van der Waals surface area contributed by atoms with E-state index in [9.17, 15) is 4.79 Å². The van der Waals surface area contributed by atoms with Crippen molar-refractivity contribution in [1.29, 1.82) is 0 Å². The van der Waals surface area contributed by atoms with Crippen LogP contribution in [0.5, 0.6) is 11.5 Å². The van der Waals surface area contributed by atoms with Crippen LogP contribution in [0, 0.1) is 0 Å². The van der Waals surface area contributed by atoms with E-state index in [4.69, 9.17) is 14.6 Å². The Labute approximate surface area is 173 Å². The maximum absolute atomic E-state index is 12.7. The van der Waals surface area contributed by atoms with Crippen LogP contribution in [0.3, 0.4) is 0 Å². The van der Waals surface area contributed by atoms with E-state index in [-0.39, 0.29) is 19.1 Å². The number of thiazole rings is 1. The molecule has 8 heteroatoms. The van der Waals surface area contributed by atoms with Crippen LogP contribution in [-0.2, 0) is 0 Å². The molecule has 0 saturated heterocycles. The maximum Gasteiger partial charge on any atom is 0.257 e. The summed E-state index contributed by atoms with van der Waals surface area (Å²) in [6, 6.07) is 12.7. The molecule has 3 rings (SSSR count). The van der Waals surface area contributed by atoms with Gasteiger partial charge in [0.05, 0.1) is 25.1 Å². The van der Waals surface area contributed by atoms with Gasteiger partial charge in [-0.1, -0.05) is 0 Å². The lowest BCUT2D eigenvalue weighted by Crippen LogP contribution is -2.13. The fourth-order valence-corrected chi connectivity index (χ4v) is 3.38. The summed E-state index contributed by atoms with van der Waals surface area (Å²) in [5.41, 5.74) is 2.94. The number of aliphatic hydroxyl groups excluding tert-OH is 1. The van der Waals surface area contributed by atoms with E-state index in [0.29, 0.717) is 23.0 Å². The molecule has 0 saturated carbocycles. The van der Waals surface area contributed by atoms with Crippen molar-refractivity contribution in [1.82, 2.24) is 4.98 Å². The number of amides is 1. The zero-order valence-electron chi connectivity index (χ0n) is 16.3. The number of methoxy groups -OCH3 is 1. The molecule has 0 aliphatic rings. The van der Waals surface area contributed by atoms with Crippen LogP contribution in [0.25, 0.3) is 11.3 Å². The molecule has 0 atom stereocenters. The molecule has 152 valence electrons. The van der Waals surface area contributed by atoms with Gasteiger partial charge in [-0.25, -0.2) is 4.98 Å². The Bertz CT molecular complexity index is 957. The number of aromatic nitrogens is 1. The van der Waals surface area contributed by atoms with Gasteiger partial charge in [-0.05, 0) is 49.4 Å². The van der Waals surface area contributed by atoms with Crippen LogP contribution in [0.2, 0.25) is 0 Å². The smallest absolute Gasteiger partial charge is 0.257 e. The number of carbonyl (C=O) groups is 1. The second kappa shape index (κ2) is 9.90. The lowest BCUT2D eigenvalue weighted by Gasteiger charge is -2.13. The molecule has 1 heterocycles. The normalized spacial score (nSPS) is 10.4. The van der Waals surface area contributed by atoms with Crippen LogP contribution in [0.15, 0.2) is 47.8 Å². The lowest BCUT2D eigenvalue weighted by molar-refractivity contribution is 0.102. The molecule has 7 nitrogen and oxygen atoms in total. The van der Waals surface area contributed by atoms with Gasteiger partial charge in [0.15, 0.2) is 5.13 Å². The minimum Gasteiger partial charge on any atom is -0.497 e. The van der Waals surface area contributed by atoms with Crippen molar-refractivity contribution >= 4 is 28.1 Å². The van der Waals surface area contributed by atoms with Gasteiger partial charge < -0.3 is 19.9 Å².